The molecule has 0 radical (unpaired) electrons. The van der Waals surface area contributed by atoms with Gasteiger partial charge >= 0.3 is 5.97 Å². The predicted octanol–water partition coefficient (Wildman–Crippen LogP) is 2.39. The minimum atomic E-state index is -0.866. The molecule has 0 aliphatic rings. The molecule has 4 heteroatoms. The number of esters is 1. The van der Waals surface area contributed by atoms with E-state index in [4.69, 9.17) is 9.15 Å². The van der Waals surface area contributed by atoms with Crippen LogP contribution in [0.1, 0.15) is 33.0 Å². The number of aliphatic hydroxyl groups is 1. The minimum absolute atomic E-state index is 0.0610. The SMILES string of the molecule is CC(C)(C)OC(=O)C[C@@H](O)/C=C/c1ccco1. The third kappa shape index (κ3) is 5.92. The average Bonchev–Trinajstić information content (AvgIpc) is 2.63. The van der Waals surface area contributed by atoms with Crippen molar-refractivity contribution in [1.29, 1.82) is 0 Å². The largest absolute Gasteiger partial charge is 0.465 e. The van der Waals surface area contributed by atoms with Crippen molar-refractivity contribution in [2.24, 2.45) is 0 Å². The number of hydrogen-bond donors (Lipinski definition) is 1. The number of carbonyl (C=O) groups is 1. The van der Waals surface area contributed by atoms with Crippen LogP contribution in [0.5, 0.6) is 0 Å². The number of ether oxygens (including phenoxy) is 1. The minimum Gasteiger partial charge on any atom is -0.465 e. The van der Waals surface area contributed by atoms with Crippen molar-refractivity contribution >= 4 is 12.0 Å². The van der Waals surface area contributed by atoms with E-state index in [0.717, 1.165) is 0 Å². The maximum atomic E-state index is 11.4. The van der Waals surface area contributed by atoms with Crippen LogP contribution in [0.3, 0.4) is 0 Å². The summed E-state index contributed by atoms with van der Waals surface area (Å²) in [6.45, 7) is 5.36. The Hall–Kier alpha value is -1.55. The van der Waals surface area contributed by atoms with Crippen LogP contribution in [-0.2, 0) is 9.53 Å². The number of carbonyl (C=O) groups excluding carboxylic acids is 1. The summed E-state index contributed by atoms with van der Waals surface area (Å²) in [5.74, 6) is 0.210. The van der Waals surface area contributed by atoms with Crippen LogP contribution in [0.15, 0.2) is 28.9 Å². The summed E-state index contributed by atoms with van der Waals surface area (Å²) in [4.78, 5) is 11.4. The summed E-state index contributed by atoms with van der Waals surface area (Å²) >= 11 is 0. The molecule has 1 N–H and O–H groups in total. The Morgan fingerprint density at radius 3 is 2.82 bits per heavy atom. The molecule has 1 rings (SSSR count). The van der Waals surface area contributed by atoms with Crippen molar-refractivity contribution < 1.29 is 19.1 Å². The number of furan rings is 1. The molecule has 0 aliphatic carbocycles. The Bertz CT molecular complexity index is 371. The van der Waals surface area contributed by atoms with E-state index in [1.54, 1.807) is 45.2 Å². The summed E-state index contributed by atoms with van der Waals surface area (Å²) in [5.41, 5.74) is -0.526. The van der Waals surface area contributed by atoms with Gasteiger partial charge in [0.2, 0.25) is 0 Å². The van der Waals surface area contributed by atoms with Crippen molar-refractivity contribution in [3.8, 4) is 0 Å². The maximum Gasteiger partial charge on any atom is 0.309 e. The highest BCUT2D eigenvalue weighted by molar-refractivity contribution is 5.71. The molecule has 0 saturated heterocycles. The topological polar surface area (TPSA) is 59.7 Å². The molecule has 0 amide bonds. The van der Waals surface area contributed by atoms with Crippen molar-refractivity contribution in [3.63, 3.8) is 0 Å². The molecule has 1 aromatic heterocycles. The molecule has 0 fully saturated rings. The Morgan fingerprint density at radius 1 is 1.59 bits per heavy atom. The fourth-order valence-electron chi connectivity index (χ4n) is 1.21. The summed E-state index contributed by atoms with van der Waals surface area (Å²) in [6.07, 6.45) is 3.74. The molecular formula is C13H18O4. The molecule has 0 bridgehead atoms. The van der Waals surface area contributed by atoms with Crippen LogP contribution in [0.2, 0.25) is 0 Å². The zero-order valence-electron chi connectivity index (χ0n) is 10.3. The Morgan fingerprint density at radius 2 is 2.29 bits per heavy atom. The third-order valence-electron chi connectivity index (χ3n) is 1.82. The Kier molecular flexibility index (Phi) is 4.52. The second-order valence-corrected chi connectivity index (χ2v) is 4.73. The molecule has 0 aromatic carbocycles. The Balaban J connectivity index is 2.39. The van der Waals surface area contributed by atoms with Crippen molar-refractivity contribution in [2.75, 3.05) is 0 Å². The van der Waals surface area contributed by atoms with E-state index < -0.39 is 17.7 Å². The van der Waals surface area contributed by atoms with E-state index in [0.29, 0.717) is 5.76 Å². The van der Waals surface area contributed by atoms with Gasteiger partial charge in [-0.25, -0.2) is 0 Å². The van der Waals surface area contributed by atoms with E-state index in [2.05, 4.69) is 0 Å². The van der Waals surface area contributed by atoms with E-state index in [-0.39, 0.29) is 6.42 Å². The van der Waals surface area contributed by atoms with Gasteiger partial charge in [0.05, 0.1) is 18.8 Å². The summed E-state index contributed by atoms with van der Waals surface area (Å²) in [6, 6.07) is 3.51. The van der Waals surface area contributed by atoms with Gasteiger partial charge in [-0.1, -0.05) is 6.08 Å². The summed E-state index contributed by atoms with van der Waals surface area (Å²) in [5, 5.41) is 9.59. The first-order chi connectivity index (χ1) is 7.87. The molecule has 0 unspecified atom stereocenters. The lowest BCUT2D eigenvalue weighted by molar-refractivity contribution is -0.156. The van der Waals surface area contributed by atoms with Gasteiger partial charge in [0, 0.05) is 0 Å². The van der Waals surface area contributed by atoms with E-state index >= 15 is 0 Å². The van der Waals surface area contributed by atoms with E-state index in [1.165, 1.54) is 6.08 Å². The zero-order chi connectivity index (χ0) is 12.9. The molecule has 1 atom stereocenters. The fourth-order valence-corrected chi connectivity index (χ4v) is 1.21. The lowest BCUT2D eigenvalue weighted by Gasteiger charge is -2.19. The van der Waals surface area contributed by atoms with Crippen LogP contribution in [0.4, 0.5) is 0 Å². The molecule has 94 valence electrons. The van der Waals surface area contributed by atoms with Crippen LogP contribution in [0, 0.1) is 0 Å². The van der Waals surface area contributed by atoms with Gasteiger partial charge in [0.25, 0.3) is 0 Å². The molecule has 0 aliphatic heterocycles. The Labute approximate surface area is 101 Å². The highest BCUT2D eigenvalue weighted by Gasteiger charge is 2.18. The zero-order valence-corrected chi connectivity index (χ0v) is 10.3. The normalized spacial score (nSPS) is 13.9. The lowest BCUT2D eigenvalue weighted by atomic mass is 10.2. The van der Waals surface area contributed by atoms with E-state index in [1.807, 2.05) is 0 Å². The van der Waals surface area contributed by atoms with Gasteiger partial charge < -0.3 is 14.3 Å². The van der Waals surface area contributed by atoms with Gasteiger partial charge in [0.15, 0.2) is 0 Å². The first-order valence-electron chi connectivity index (χ1n) is 5.48. The maximum absolute atomic E-state index is 11.4. The molecule has 1 aromatic rings. The van der Waals surface area contributed by atoms with Crippen molar-refractivity contribution in [2.45, 2.75) is 38.9 Å². The molecular weight excluding hydrogens is 220 g/mol. The average molecular weight is 238 g/mol. The third-order valence-corrected chi connectivity index (χ3v) is 1.82. The van der Waals surface area contributed by atoms with Gasteiger partial charge in [0.1, 0.15) is 11.4 Å². The quantitative estimate of drug-likeness (QED) is 0.818. The predicted molar refractivity (Wildman–Crippen MR) is 64.2 cm³/mol. The second kappa shape index (κ2) is 5.68. The smallest absolute Gasteiger partial charge is 0.309 e. The molecule has 17 heavy (non-hydrogen) atoms. The first-order valence-corrected chi connectivity index (χ1v) is 5.48. The highest BCUT2D eigenvalue weighted by Crippen LogP contribution is 2.10. The van der Waals surface area contributed by atoms with E-state index in [9.17, 15) is 9.90 Å². The van der Waals surface area contributed by atoms with Crippen LogP contribution in [-0.4, -0.2) is 22.8 Å². The van der Waals surface area contributed by atoms with Gasteiger partial charge in [-0.3, -0.25) is 4.79 Å². The number of aliphatic hydroxyl groups excluding tert-OH is 1. The number of rotatable bonds is 4. The second-order valence-electron chi connectivity index (χ2n) is 4.73. The summed E-state index contributed by atoms with van der Waals surface area (Å²) in [7, 11) is 0. The molecule has 4 nitrogen and oxygen atoms in total. The lowest BCUT2D eigenvalue weighted by Crippen LogP contribution is -2.26. The monoisotopic (exact) mass is 238 g/mol. The number of hydrogen-bond acceptors (Lipinski definition) is 4. The van der Waals surface area contributed by atoms with Crippen LogP contribution >= 0.6 is 0 Å². The molecule has 0 saturated carbocycles. The van der Waals surface area contributed by atoms with Crippen LogP contribution in [0.25, 0.3) is 6.08 Å². The van der Waals surface area contributed by atoms with Crippen molar-refractivity contribution in [1.82, 2.24) is 0 Å². The van der Waals surface area contributed by atoms with Crippen LogP contribution < -0.4 is 0 Å². The summed E-state index contributed by atoms with van der Waals surface area (Å²) < 4.78 is 10.1. The van der Waals surface area contributed by atoms with Gasteiger partial charge in [-0.05, 0) is 39.0 Å². The van der Waals surface area contributed by atoms with Gasteiger partial charge in [-0.15, -0.1) is 0 Å². The van der Waals surface area contributed by atoms with Gasteiger partial charge in [-0.2, -0.15) is 0 Å². The standard InChI is InChI=1S/C13H18O4/c1-13(2,3)17-12(15)9-10(14)6-7-11-5-4-8-16-11/h4-8,10,14H,9H2,1-3H3/b7-6+/t10-/m0/s1. The highest BCUT2D eigenvalue weighted by atomic mass is 16.6. The fraction of sp³-hybridized carbons (Fsp3) is 0.462. The first kappa shape index (κ1) is 13.5. The van der Waals surface area contributed by atoms with Crippen molar-refractivity contribution in [3.05, 3.63) is 30.2 Å². The molecule has 1 heterocycles. The molecule has 0 spiro atoms.